The molecular formula is C15H15N3O4. The van der Waals surface area contributed by atoms with Gasteiger partial charge in [-0.05, 0) is 24.6 Å². The second-order valence-corrected chi connectivity index (χ2v) is 5.16. The minimum Gasteiger partial charge on any atom is -0.464 e. The second-order valence-electron chi connectivity index (χ2n) is 5.16. The number of fused-ring (bicyclic) bond motifs is 1. The van der Waals surface area contributed by atoms with Crippen molar-refractivity contribution in [2.75, 3.05) is 11.9 Å². The van der Waals surface area contributed by atoms with Gasteiger partial charge in [0.05, 0.1) is 18.7 Å². The third kappa shape index (κ3) is 2.58. The van der Waals surface area contributed by atoms with E-state index < -0.39 is 5.92 Å². The van der Waals surface area contributed by atoms with Crippen molar-refractivity contribution in [1.29, 1.82) is 0 Å². The summed E-state index contributed by atoms with van der Waals surface area (Å²) in [6.07, 6.45) is 2.27. The van der Waals surface area contributed by atoms with Gasteiger partial charge in [0.1, 0.15) is 5.58 Å². The summed E-state index contributed by atoms with van der Waals surface area (Å²) in [4.78, 5) is 34.6. The van der Waals surface area contributed by atoms with Gasteiger partial charge in [0.15, 0.2) is 0 Å². The van der Waals surface area contributed by atoms with Crippen molar-refractivity contribution >= 4 is 34.4 Å². The van der Waals surface area contributed by atoms with Crippen LogP contribution in [0.5, 0.6) is 0 Å². The first kappa shape index (κ1) is 14.3. The first-order valence-electron chi connectivity index (χ1n) is 6.93. The highest BCUT2D eigenvalue weighted by Gasteiger charge is 2.30. The quantitative estimate of drug-likeness (QED) is 0.727. The summed E-state index contributed by atoms with van der Waals surface area (Å²) < 4.78 is 5.46. The van der Waals surface area contributed by atoms with Crippen molar-refractivity contribution in [1.82, 2.24) is 5.32 Å². The van der Waals surface area contributed by atoms with E-state index in [1.807, 2.05) is 0 Å². The highest BCUT2D eigenvalue weighted by Crippen LogP contribution is 2.33. The molecule has 0 radical (unpaired) electrons. The lowest BCUT2D eigenvalue weighted by Crippen LogP contribution is -2.39. The number of anilines is 1. The van der Waals surface area contributed by atoms with Gasteiger partial charge >= 0.3 is 0 Å². The van der Waals surface area contributed by atoms with Crippen molar-refractivity contribution in [3.8, 4) is 0 Å². The van der Waals surface area contributed by atoms with Crippen LogP contribution in [0.3, 0.4) is 0 Å². The minimum absolute atomic E-state index is 0.108. The molecule has 1 aliphatic rings. The Balaban J connectivity index is 1.96. The average molecular weight is 301 g/mol. The van der Waals surface area contributed by atoms with Crippen LogP contribution in [0.15, 0.2) is 28.9 Å². The molecule has 3 amide bonds. The predicted octanol–water partition coefficient (Wildman–Crippen LogP) is 0.850. The monoisotopic (exact) mass is 301 g/mol. The number of amides is 3. The standard InChI is InChI=1S/C15H15N3O4/c16-6-14(20)17-8-1-3-12-10(5-8)11(7-22-12)9-2-4-13(19)18-15(9)21/h1,3,5,7,9H,2,4,6,16H2,(H,17,20)(H,18,19,21). The van der Waals surface area contributed by atoms with Gasteiger partial charge in [0, 0.05) is 23.1 Å². The fourth-order valence-corrected chi connectivity index (χ4v) is 2.60. The summed E-state index contributed by atoms with van der Waals surface area (Å²) >= 11 is 0. The lowest BCUT2D eigenvalue weighted by atomic mass is 9.90. The highest BCUT2D eigenvalue weighted by atomic mass is 16.3. The number of piperidine rings is 1. The number of carbonyl (C=O) groups is 3. The van der Waals surface area contributed by atoms with Crippen molar-refractivity contribution in [2.45, 2.75) is 18.8 Å². The number of carbonyl (C=O) groups excluding carboxylic acids is 3. The Morgan fingerprint density at radius 2 is 2.23 bits per heavy atom. The lowest BCUT2D eigenvalue weighted by Gasteiger charge is -2.19. The summed E-state index contributed by atoms with van der Waals surface area (Å²) in [7, 11) is 0. The third-order valence-electron chi connectivity index (χ3n) is 3.69. The van der Waals surface area contributed by atoms with Crippen LogP contribution in [-0.2, 0) is 14.4 Å². The molecule has 1 aromatic heterocycles. The molecule has 1 aliphatic heterocycles. The topological polar surface area (TPSA) is 114 Å². The average Bonchev–Trinajstić information content (AvgIpc) is 2.90. The molecule has 2 aromatic rings. The Hall–Kier alpha value is -2.67. The Bertz CT molecular complexity index is 765. The van der Waals surface area contributed by atoms with E-state index in [0.29, 0.717) is 29.7 Å². The van der Waals surface area contributed by atoms with E-state index in [0.717, 1.165) is 5.39 Å². The molecular weight excluding hydrogens is 286 g/mol. The number of nitrogens with one attached hydrogen (secondary N) is 2. The van der Waals surface area contributed by atoms with Gasteiger partial charge in [-0.3, -0.25) is 19.7 Å². The maximum absolute atomic E-state index is 12.0. The SMILES string of the molecule is NCC(=O)Nc1ccc2occ(C3CCC(=O)NC3=O)c2c1. The molecule has 1 atom stereocenters. The summed E-state index contributed by atoms with van der Waals surface area (Å²) in [6.45, 7) is -0.108. The molecule has 3 rings (SSSR count). The number of benzene rings is 1. The molecule has 1 fully saturated rings. The maximum Gasteiger partial charge on any atom is 0.238 e. The molecule has 114 valence electrons. The van der Waals surface area contributed by atoms with Crippen molar-refractivity contribution in [3.05, 3.63) is 30.0 Å². The van der Waals surface area contributed by atoms with E-state index >= 15 is 0 Å². The number of hydrogen-bond donors (Lipinski definition) is 3. The van der Waals surface area contributed by atoms with Crippen LogP contribution < -0.4 is 16.4 Å². The Morgan fingerprint density at radius 1 is 1.41 bits per heavy atom. The Labute approximate surface area is 125 Å². The zero-order chi connectivity index (χ0) is 15.7. The van der Waals surface area contributed by atoms with Crippen molar-refractivity contribution < 1.29 is 18.8 Å². The van der Waals surface area contributed by atoms with Gasteiger partial charge < -0.3 is 15.5 Å². The van der Waals surface area contributed by atoms with E-state index in [1.165, 1.54) is 6.26 Å². The van der Waals surface area contributed by atoms with E-state index in [2.05, 4.69) is 10.6 Å². The van der Waals surface area contributed by atoms with Crippen LogP contribution in [0.4, 0.5) is 5.69 Å². The summed E-state index contributed by atoms with van der Waals surface area (Å²) in [5.41, 5.74) is 7.18. The molecule has 7 nitrogen and oxygen atoms in total. The summed E-state index contributed by atoms with van der Waals surface area (Å²) in [6, 6.07) is 5.16. The van der Waals surface area contributed by atoms with Crippen LogP contribution in [0.25, 0.3) is 11.0 Å². The molecule has 0 bridgehead atoms. The van der Waals surface area contributed by atoms with Crippen molar-refractivity contribution in [2.24, 2.45) is 5.73 Å². The van der Waals surface area contributed by atoms with Crippen LogP contribution in [-0.4, -0.2) is 24.3 Å². The molecule has 1 unspecified atom stereocenters. The highest BCUT2D eigenvalue weighted by molar-refractivity contribution is 6.03. The third-order valence-corrected chi connectivity index (χ3v) is 3.69. The molecule has 1 aromatic carbocycles. The van der Waals surface area contributed by atoms with Gasteiger partial charge in [-0.25, -0.2) is 0 Å². The first-order chi connectivity index (χ1) is 10.6. The number of hydrogen-bond acceptors (Lipinski definition) is 5. The second kappa shape index (κ2) is 5.61. The van der Waals surface area contributed by atoms with Crippen LogP contribution in [0.2, 0.25) is 0 Å². The fraction of sp³-hybridized carbons (Fsp3) is 0.267. The largest absolute Gasteiger partial charge is 0.464 e. The normalized spacial score (nSPS) is 18.3. The maximum atomic E-state index is 12.0. The molecule has 2 heterocycles. The zero-order valence-corrected chi connectivity index (χ0v) is 11.7. The molecule has 4 N–H and O–H groups in total. The summed E-state index contributed by atoms with van der Waals surface area (Å²) in [5, 5.41) is 5.73. The van der Waals surface area contributed by atoms with Gasteiger partial charge in [-0.15, -0.1) is 0 Å². The first-order valence-corrected chi connectivity index (χ1v) is 6.93. The molecule has 0 spiro atoms. The van der Waals surface area contributed by atoms with Gasteiger partial charge in [0.25, 0.3) is 0 Å². The molecule has 1 saturated heterocycles. The van der Waals surface area contributed by atoms with Crippen LogP contribution in [0.1, 0.15) is 24.3 Å². The summed E-state index contributed by atoms with van der Waals surface area (Å²) in [5.74, 6) is -1.31. The van der Waals surface area contributed by atoms with E-state index in [4.69, 9.17) is 10.2 Å². The van der Waals surface area contributed by atoms with Gasteiger partial charge in [0.2, 0.25) is 17.7 Å². The number of furan rings is 1. The minimum atomic E-state index is -0.431. The van der Waals surface area contributed by atoms with E-state index in [-0.39, 0.29) is 24.3 Å². The molecule has 22 heavy (non-hydrogen) atoms. The molecule has 0 saturated carbocycles. The number of rotatable bonds is 3. The predicted molar refractivity (Wildman–Crippen MR) is 79.0 cm³/mol. The molecule has 7 heteroatoms. The Kier molecular flexibility index (Phi) is 3.64. The number of nitrogens with two attached hydrogens (primary N) is 1. The van der Waals surface area contributed by atoms with Crippen LogP contribution in [0, 0.1) is 0 Å². The van der Waals surface area contributed by atoms with E-state index in [9.17, 15) is 14.4 Å². The fourth-order valence-electron chi connectivity index (χ4n) is 2.60. The van der Waals surface area contributed by atoms with Gasteiger partial charge in [-0.1, -0.05) is 0 Å². The molecule has 0 aliphatic carbocycles. The number of imide groups is 1. The smallest absolute Gasteiger partial charge is 0.238 e. The van der Waals surface area contributed by atoms with E-state index in [1.54, 1.807) is 18.2 Å². The van der Waals surface area contributed by atoms with Gasteiger partial charge in [-0.2, -0.15) is 0 Å². The van der Waals surface area contributed by atoms with Crippen molar-refractivity contribution in [3.63, 3.8) is 0 Å². The zero-order valence-electron chi connectivity index (χ0n) is 11.7. The van der Waals surface area contributed by atoms with Crippen LogP contribution >= 0.6 is 0 Å². The lowest BCUT2D eigenvalue weighted by molar-refractivity contribution is -0.134. The Morgan fingerprint density at radius 3 is 2.95 bits per heavy atom.